The first-order valence-corrected chi connectivity index (χ1v) is 21.1. The molecule has 1 unspecified atom stereocenters. The van der Waals surface area contributed by atoms with E-state index < -0.39 is 52.7 Å². The van der Waals surface area contributed by atoms with E-state index in [0.29, 0.717) is 70.8 Å². The molecule has 2 heterocycles. The zero-order valence-electron chi connectivity index (χ0n) is 36.6. The Labute approximate surface area is 341 Å². The van der Waals surface area contributed by atoms with Crippen molar-refractivity contribution in [1.29, 1.82) is 0 Å². The predicted molar refractivity (Wildman–Crippen MR) is 221 cm³/mol. The maximum atomic E-state index is 14.4. The zero-order valence-corrected chi connectivity index (χ0v) is 36.6. The van der Waals surface area contributed by atoms with Crippen LogP contribution in [0.2, 0.25) is 0 Å². The van der Waals surface area contributed by atoms with E-state index in [2.05, 4.69) is 24.5 Å². The second-order valence-electron chi connectivity index (χ2n) is 18.9. The number of carbonyl (C=O) groups excluding carboxylic acids is 5. The summed E-state index contributed by atoms with van der Waals surface area (Å²) in [4.78, 5) is 69.2. The topological polar surface area (TPSA) is 155 Å². The minimum absolute atomic E-state index is 0.120. The molecule has 12 heteroatoms. The van der Waals surface area contributed by atoms with Crippen molar-refractivity contribution in [3.63, 3.8) is 0 Å². The number of ketones is 1. The molecule has 0 spiro atoms. The Morgan fingerprint density at radius 2 is 1.61 bits per heavy atom. The van der Waals surface area contributed by atoms with Gasteiger partial charge in [0.15, 0.2) is 0 Å². The molecule has 320 valence electrons. The van der Waals surface area contributed by atoms with Crippen LogP contribution in [0.5, 0.6) is 0 Å². The van der Waals surface area contributed by atoms with E-state index in [4.69, 9.17) is 9.47 Å². The number of esters is 1. The Morgan fingerprint density at radius 3 is 2.19 bits per heavy atom. The van der Waals surface area contributed by atoms with Crippen LogP contribution in [0.25, 0.3) is 0 Å². The standard InChI is InChI=1S/C45H72N4O8/c1-30(2)27-34(46-42(54)57-43(5,6)7)25-24-33(28-32-19-14-12-15-20-32)40(52)48-26-18-22-37(48)39(51)47-36(41(53)56-31(3)4)21-16-13-17-23-38(50)35-29-44(8,9)49(55)45(35,10)11/h12,14-15,19-20,24-25,30-31,33-37,55H,13,16-18,21-23,26-29H2,1-11H3,(H,46,54)(H,47,51)/b25-24+/t33-,34-,35?,36+,37+/m1/s1. The van der Waals surface area contributed by atoms with Crippen LogP contribution in [0.3, 0.4) is 0 Å². The quantitative estimate of drug-likeness (QED) is 0.0731. The summed E-state index contributed by atoms with van der Waals surface area (Å²) >= 11 is 0. The fourth-order valence-corrected chi connectivity index (χ4v) is 8.14. The lowest BCUT2D eigenvalue weighted by Crippen LogP contribution is -2.52. The van der Waals surface area contributed by atoms with Gasteiger partial charge in [-0.2, -0.15) is 5.06 Å². The number of Topliss-reactive ketones (excluding diaryl/α,β-unsaturated/α-hetero) is 1. The normalized spacial score (nSPS) is 21.1. The first kappa shape index (κ1) is 47.6. The van der Waals surface area contributed by atoms with Gasteiger partial charge in [0.2, 0.25) is 11.8 Å². The van der Waals surface area contributed by atoms with Crippen molar-refractivity contribution in [2.75, 3.05) is 6.54 Å². The maximum Gasteiger partial charge on any atom is 0.408 e. The Kier molecular flexibility index (Phi) is 17.4. The van der Waals surface area contributed by atoms with Crippen LogP contribution in [0.15, 0.2) is 42.5 Å². The number of carbonyl (C=O) groups is 5. The molecule has 5 atom stereocenters. The molecule has 2 saturated heterocycles. The van der Waals surface area contributed by atoms with E-state index in [1.807, 2.05) is 91.0 Å². The van der Waals surface area contributed by atoms with Crippen molar-refractivity contribution in [2.45, 2.75) is 181 Å². The molecule has 2 fully saturated rings. The Balaban J connectivity index is 1.72. The van der Waals surface area contributed by atoms with Gasteiger partial charge < -0.3 is 30.2 Å². The third kappa shape index (κ3) is 14.5. The van der Waals surface area contributed by atoms with Crippen LogP contribution < -0.4 is 10.6 Å². The smallest absolute Gasteiger partial charge is 0.408 e. The summed E-state index contributed by atoms with van der Waals surface area (Å²) in [7, 11) is 0. The van der Waals surface area contributed by atoms with Gasteiger partial charge in [0.05, 0.1) is 23.6 Å². The average Bonchev–Trinajstić information content (AvgIpc) is 3.65. The van der Waals surface area contributed by atoms with Crippen molar-refractivity contribution < 1.29 is 38.7 Å². The SMILES string of the molecule is CC(C)C[C@@H](/C=C/[C@H](Cc1ccccc1)C(=O)N1CCC[C@H]1C(=O)N[C@@H](CCCCCC(=O)C1CC(C)(C)N(O)C1(C)C)C(=O)OC(C)C)NC(=O)OC(C)(C)C. The summed E-state index contributed by atoms with van der Waals surface area (Å²) in [5.41, 5.74) is -0.834. The number of likely N-dealkylation sites (tertiary alicyclic amines) is 1. The van der Waals surface area contributed by atoms with Gasteiger partial charge in [-0.25, -0.2) is 9.59 Å². The van der Waals surface area contributed by atoms with Crippen molar-refractivity contribution >= 4 is 29.7 Å². The van der Waals surface area contributed by atoms with Crippen molar-refractivity contribution in [3.8, 4) is 0 Å². The lowest BCUT2D eigenvalue weighted by Gasteiger charge is -2.35. The lowest BCUT2D eigenvalue weighted by atomic mass is 9.82. The number of hydrogen-bond acceptors (Lipinski definition) is 9. The van der Waals surface area contributed by atoms with E-state index in [9.17, 15) is 29.2 Å². The van der Waals surface area contributed by atoms with Crippen molar-refractivity contribution in [2.24, 2.45) is 17.8 Å². The van der Waals surface area contributed by atoms with Gasteiger partial charge >= 0.3 is 12.1 Å². The molecule has 0 radical (unpaired) electrons. The first-order valence-electron chi connectivity index (χ1n) is 21.1. The van der Waals surface area contributed by atoms with Crippen LogP contribution in [-0.4, -0.2) is 92.3 Å². The van der Waals surface area contributed by atoms with E-state index in [1.54, 1.807) is 18.7 Å². The predicted octanol–water partition coefficient (Wildman–Crippen LogP) is 7.56. The first-order chi connectivity index (χ1) is 26.5. The third-order valence-electron chi connectivity index (χ3n) is 10.9. The number of nitrogens with one attached hydrogen (secondary N) is 2. The van der Waals surface area contributed by atoms with E-state index in [1.165, 1.54) is 5.06 Å². The van der Waals surface area contributed by atoms with Crippen molar-refractivity contribution in [1.82, 2.24) is 20.6 Å². The van der Waals surface area contributed by atoms with Gasteiger partial charge in [0.1, 0.15) is 23.5 Å². The number of benzene rings is 1. The summed E-state index contributed by atoms with van der Waals surface area (Å²) in [5, 5.41) is 17.8. The molecule has 2 aliphatic rings. The highest BCUT2D eigenvalue weighted by atomic mass is 16.6. The Hall–Kier alpha value is -3.77. The molecule has 0 bridgehead atoms. The summed E-state index contributed by atoms with van der Waals surface area (Å²) in [6, 6.07) is 7.66. The van der Waals surface area contributed by atoms with Gasteiger partial charge in [-0.3, -0.25) is 14.4 Å². The van der Waals surface area contributed by atoms with Crippen molar-refractivity contribution in [3.05, 3.63) is 48.0 Å². The average molecular weight is 797 g/mol. The number of hydrogen-bond donors (Lipinski definition) is 3. The lowest BCUT2D eigenvalue weighted by molar-refractivity contribution is -0.197. The zero-order chi connectivity index (χ0) is 42.7. The molecule has 3 amide bonds. The van der Waals surface area contributed by atoms with Gasteiger partial charge in [0.25, 0.3) is 0 Å². The van der Waals surface area contributed by atoms with Crippen LogP contribution in [0, 0.1) is 17.8 Å². The Morgan fingerprint density at radius 1 is 0.947 bits per heavy atom. The fraction of sp³-hybridized carbons (Fsp3) is 0.711. The molecule has 3 rings (SSSR count). The summed E-state index contributed by atoms with van der Waals surface area (Å²) < 4.78 is 11.1. The van der Waals surface area contributed by atoms with E-state index in [0.717, 1.165) is 5.56 Å². The number of hydroxylamine groups is 2. The monoisotopic (exact) mass is 797 g/mol. The number of ether oxygens (including phenoxy) is 2. The molecule has 1 aromatic rings. The molecular formula is C45H72N4O8. The highest BCUT2D eigenvalue weighted by Gasteiger charge is 2.53. The number of alkyl carbamates (subject to hydrolysis) is 1. The molecule has 1 aromatic carbocycles. The fourth-order valence-electron chi connectivity index (χ4n) is 8.14. The molecule has 12 nitrogen and oxygen atoms in total. The molecule has 57 heavy (non-hydrogen) atoms. The third-order valence-corrected chi connectivity index (χ3v) is 10.9. The number of unbranched alkanes of at least 4 members (excludes halogenated alkanes) is 2. The number of rotatable bonds is 19. The number of nitrogens with zero attached hydrogens (tertiary/aromatic N) is 2. The van der Waals surface area contributed by atoms with E-state index in [-0.39, 0.29) is 35.7 Å². The van der Waals surface area contributed by atoms with Crippen LogP contribution in [0.1, 0.15) is 140 Å². The van der Waals surface area contributed by atoms with Crippen LogP contribution >= 0.6 is 0 Å². The second-order valence-corrected chi connectivity index (χ2v) is 18.9. The minimum atomic E-state index is -0.901. The summed E-state index contributed by atoms with van der Waals surface area (Å²) in [6.07, 6.45) is 8.12. The highest BCUT2D eigenvalue weighted by Crippen LogP contribution is 2.44. The van der Waals surface area contributed by atoms with Crippen LogP contribution in [0.4, 0.5) is 4.79 Å². The second kappa shape index (κ2) is 20.8. The molecular weight excluding hydrogens is 725 g/mol. The molecule has 3 N–H and O–H groups in total. The minimum Gasteiger partial charge on any atom is -0.461 e. The molecule has 2 aliphatic heterocycles. The van der Waals surface area contributed by atoms with Gasteiger partial charge in [-0.15, -0.1) is 0 Å². The van der Waals surface area contributed by atoms with E-state index >= 15 is 0 Å². The largest absolute Gasteiger partial charge is 0.461 e. The summed E-state index contributed by atoms with van der Waals surface area (Å²) in [5.74, 6) is -1.63. The summed E-state index contributed by atoms with van der Waals surface area (Å²) in [6.45, 7) is 21.1. The van der Waals surface area contributed by atoms with Crippen LogP contribution in [-0.2, 0) is 35.1 Å². The van der Waals surface area contributed by atoms with Gasteiger partial charge in [-0.1, -0.05) is 69.2 Å². The molecule has 0 aliphatic carbocycles. The van der Waals surface area contributed by atoms with Gasteiger partial charge in [-0.05, 0) is 119 Å². The Bertz CT molecular complexity index is 1530. The highest BCUT2D eigenvalue weighted by molar-refractivity contribution is 5.92. The molecule has 0 saturated carbocycles. The maximum absolute atomic E-state index is 14.4. The van der Waals surface area contributed by atoms with Gasteiger partial charge in [0, 0.05) is 24.4 Å². The number of amides is 3. The molecule has 0 aromatic heterocycles.